The van der Waals surface area contributed by atoms with Gasteiger partial charge < -0.3 is 9.47 Å². The second kappa shape index (κ2) is 5.82. The number of ketones is 1. The quantitative estimate of drug-likeness (QED) is 0.737. The minimum absolute atomic E-state index is 0.0429. The molecule has 0 bridgehead atoms. The van der Waals surface area contributed by atoms with Crippen LogP contribution in [0.4, 0.5) is 0 Å². The summed E-state index contributed by atoms with van der Waals surface area (Å²) in [5.41, 5.74) is 2.71. The molecule has 3 heteroatoms. The highest BCUT2D eigenvalue weighted by molar-refractivity contribution is 6.00. The summed E-state index contributed by atoms with van der Waals surface area (Å²) < 4.78 is 10.6. The molecule has 0 atom stereocenters. The molecular formula is C14H20O3. The third-order valence-electron chi connectivity index (χ3n) is 2.73. The van der Waals surface area contributed by atoms with Gasteiger partial charge in [0.15, 0.2) is 5.78 Å². The van der Waals surface area contributed by atoms with Crippen LogP contribution in [0.25, 0.3) is 0 Å². The van der Waals surface area contributed by atoms with Crippen LogP contribution in [-0.2, 0) is 4.74 Å². The molecule has 0 unspecified atom stereocenters. The molecule has 0 saturated heterocycles. The lowest BCUT2D eigenvalue weighted by Gasteiger charge is -2.13. The number of hydrogen-bond acceptors (Lipinski definition) is 3. The van der Waals surface area contributed by atoms with Crippen LogP contribution < -0.4 is 4.74 Å². The minimum atomic E-state index is -0.0429. The van der Waals surface area contributed by atoms with Crippen LogP contribution in [0, 0.1) is 13.8 Å². The molecule has 0 aliphatic carbocycles. The Hall–Kier alpha value is -1.35. The summed E-state index contributed by atoms with van der Waals surface area (Å²) in [7, 11) is 1.59. The topological polar surface area (TPSA) is 35.5 Å². The number of rotatable bonds is 5. The van der Waals surface area contributed by atoms with Crippen LogP contribution in [0.15, 0.2) is 12.1 Å². The first kappa shape index (κ1) is 13.7. The van der Waals surface area contributed by atoms with Gasteiger partial charge in [0.1, 0.15) is 12.4 Å². The zero-order valence-corrected chi connectivity index (χ0v) is 11.2. The van der Waals surface area contributed by atoms with Gasteiger partial charge in [0.2, 0.25) is 0 Å². The van der Waals surface area contributed by atoms with Crippen LogP contribution in [0.1, 0.15) is 35.3 Å². The molecule has 0 amide bonds. The first-order valence-corrected chi connectivity index (χ1v) is 5.76. The molecule has 0 spiro atoms. The Labute approximate surface area is 103 Å². The molecule has 17 heavy (non-hydrogen) atoms. The van der Waals surface area contributed by atoms with Crippen LogP contribution in [0.3, 0.4) is 0 Å². The summed E-state index contributed by atoms with van der Waals surface area (Å²) in [5.74, 6) is 0.612. The van der Waals surface area contributed by atoms with E-state index in [1.807, 2.05) is 33.8 Å². The maximum Gasteiger partial charge on any atom is 0.192 e. The van der Waals surface area contributed by atoms with Crippen molar-refractivity contribution in [2.45, 2.75) is 33.8 Å². The number of Topliss-reactive ketones (excluding diaryl/α,β-unsaturated/α-hetero) is 1. The second-order valence-corrected chi connectivity index (χ2v) is 4.37. The predicted octanol–water partition coefficient (Wildman–Crippen LogP) is 2.92. The number of carbonyl (C=O) groups is 1. The number of carbonyl (C=O) groups excluding carboxylic acids is 1. The Kier molecular flexibility index (Phi) is 4.70. The summed E-state index contributed by atoms with van der Waals surface area (Å²) >= 11 is 0. The molecule has 0 aliphatic heterocycles. The van der Waals surface area contributed by atoms with E-state index in [2.05, 4.69) is 0 Å². The maximum atomic E-state index is 12.0. The average Bonchev–Trinajstić information content (AvgIpc) is 2.29. The Balaban J connectivity index is 2.97. The van der Waals surface area contributed by atoms with Crippen molar-refractivity contribution in [3.8, 4) is 5.75 Å². The fourth-order valence-electron chi connectivity index (χ4n) is 1.59. The van der Waals surface area contributed by atoms with E-state index in [1.165, 1.54) is 0 Å². The SMILES string of the molecule is COc1c(C(=O)COC(C)C)ccc(C)c1C. The molecular weight excluding hydrogens is 216 g/mol. The Bertz CT molecular complexity index is 408. The molecule has 0 heterocycles. The molecule has 3 nitrogen and oxygen atoms in total. The Morgan fingerprint density at radius 2 is 1.94 bits per heavy atom. The van der Waals surface area contributed by atoms with Crippen molar-refractivity contribution < 1.29 is 14.3 Å². The lowest BCUT2D eigenvalue weighted by molar-refractivity contribution is 0.0582. The third kappa shape index (κ3) is 3.30. The number of methoxy groups -OCH3 is 1. The van der Waals surface area contributed by atoms with Crippen LogP contribution in [-0.4, -0.2) is 25.6 Å². The first-order chi connectivity index (χ1) is 7.97. The molecule has 1 rings (SSSR count). The number of benzene rings is 1. The normalized spacial score (nSPS) is 10.7. The second-order valence-electron chi connectivity index (χ2n) is 4.37. The van der Waals surface area contributed by atoms with Crippen LogP contribution in [0.2, 0.25) is 0 Å². The smallest absolute Gasteiger partial charge is 0.192 e. The Morgan fingerprint density at radius 1 is 1.29 bits per heavy atom. The lowest BCUT2D eigenvalue weighted by Crippen LogP contribution is -2.14. The van der Waals surface area contributed by atoms with E-state index in [1.54, 1.807) is 13.2 Å². The van der Waals surface area contributed by atoms with Gasteiger partial charge in [0.05, 0.1) is 18.8 Å². The maximum absolute atomic E-state index is 12.0. The van der Waals surface area contributed by atoms with E-state index >= 15 is 0 Å². The zero-order valence-electron chi connectivity index (χ0n) is 11.2. The number of aryl methyl sites for hydroxylation is 1. The molecule has 0 fully saturated rings. The van der Waals surface area contributed by atoms with E-state index in [0.29, 0.717) is 11.3 Å². The highest BCUT2D eigenvalue weighted by Crippen LogP contribution is 2.26. The van der Waals surface area contributed by atoms with Crippen LogP contribution in [0.5, 0.6) is 5.75 Å². The van der Waals surface area contributed by atoms with Gasteiger partial charge in [-0.15, -0.1) is 0 Å². The molecule has 1 aromatic rings. The summed E-state index contributed by atoms with van der Waals surface area (Å²) in [4.78, 5) is 12.0. The fourth-order valence-corrected chi connectivity index (χ4v) is 1.59. The average molecular weight is 236 g/mol. The van der Waals surface area contributed by atoms with Gasteiger partial charge in [-0.2, -0.15) is 0 Å². The van der Waals surface area contributed by atoms with Crippen molar-refractivity contribution in [3.05, 3.63) is 28.8 Å². The van der Waals surface area contributed by atoms with Gasteiger partial charge in [0, 0.05) is 0 Å². The van der Waals surface area contributed by atoms with E-state index in [0.717, 1.165) is 11.1 Å². The van der Waals surface area contributed by atoms with Gasteiger partial charge in [-0.1, -0.05) is 6.07 Å². The van der Waals surface area contributed by atoms with Gasteiger partial charge in [-0.05, 0) is 44.9 Å². The number of hydrogen-bond donors (Lipinski definition) is 0. The van der Waals surface area contributed by atoms with Gasteiger partial charge >= 0.3 is 0 Å². The van der Waals surface area contributed by atoms with Crippen molar-refractivity contribution in [3.63, 3.8) is 0 Å². The monoisotopic (exact) mass is 236 g/mol. The third-order valence-corrected chi connectivity index (χ3v) is 2.73. The lowest BCUT2D eigenvalue weighted by atomic mass is 10.0. The molecule has 0 radical (unpaired) electrons. The highest BCUT2D eigenvalue weighted by Gasteiger charge is 2.15. The van der Waals surface area contributed by atoms with E-state index < -0.39 is 0 Å². The summed E-state index contributed by atoms with van der Waals surface area (Å²) in [5, 5.41) is 0. The van der Waals surface area contributed by atoms with E-state index in [9.17, 15) is 4.79 Å². The molecule has 1 aromatic carbocycles. The predicted molar refractivity (Wildman–Crippen MR) is 67.9 cm³/mol. The molecule has 0 aromatic heterocycles. The van der Waals surface area contributed by atoms with Crippen molar-refractivity contribution in [1.82, 2.24) is 0 Å². The van der Waals surface area contributed by atoms with Gasteiger partial charge in [-0.3, -0.25) is 4.79 Å². The molecule has 0 aliphatic rings. The van der Waals surface area contributed by atoms with E-state index in [4.69, 9.17) is 9.47 Å². The van der Waals surface area contributed by atoms with E-state index in [-0.39, 0.29) is 18.5 Å². The van der Waals surface area contributed by atoms with Crippen molar-refractivity contribution in [2.75, 3.05) is 13.7 Å². The summed E-state index contributed by atoms with van der Waals surface area (Å²) in [6.45, 7) is 7.86. The van der Waals surface area contributed by atoms with Crippen molar-refractivity contribution >= 4 is 5.78 Å². The van der Waals surface area contributed by atoms with Crippen molar-refractivity contribution in [1.29, 1.82) is 0 Å². The highest BCUT2D eigenvalue weighted by atomic mass is 16.5. The van der Waals surface area contributed by atoms with Crippen LogP contribution >= 0.6 is 0 Å². The Morgan fingerprint density at radius 3 is 2.47 bits per heavy atom. The largest absolute Gasteiger partial charge is 0.496 e. The van der Waals surface area contributed by atoms with Gasteiger partial charge in [0.25, 0.3) is 0 Å². The van der Waals surface area contributed by atoms with Gasteiger partial charge in [-0.25, -0.2) is 0 Å². The fraction of sp³-hybridized carbons (Fsp3) is 0.500. The molecule has 0 saturated carbocycles. The standard InChI is InChI=1S/C14H20O3/c1-9(2)17-8-13(15)12-7-6-10(3)11(4)14(12)16-5/h6-7,9H,8H2,1-5H3. The summed E-state index contributed by atoms with van der Waals surface area (Å²) in [6.07, 6.45) is 0.0523. The zero-order chi connectivity index (χ0) is 13.0. The van der Waals surface area contributed by atoms with Crippen molar-refractivity contribution in [2.24, 2.45) is 0 Å². The first-order valence-electron chi connectivity index (χ1n) is 5.76. The molecule has 0 N–H and O–H groups in total. The minimum Gasteiger partial charge on any atom is -0.496 e. The summed E-state index contributed by atoms with van der Waals surface area (Å²) in [6, 6.07) is 3.73. The number of ether oxygens (including phenoxy) is 2. The molecule has 94 valence electrons.